The monoisotopic (exact) mass is 249 g/mol. The Hall–Kier alpha value is -1.09. The standard InChI is InChI=1S/C15H27N3/c1-12(2)16-9-10-18(6)14-8-7-13(11-17-14)15(3,4)5/h7-8,11-12,16H,9-10H2,1-6H3. The van der Waals surface area contributed by atoms with Gasteiger partial charge in [-0.25, -0.2) is 4.98 Å². The molecule has 102 valence electrons. The molecule has 1 rings (SSSR count). The fourth-order valence-corrected chi connectivity index (χ4v) is 1.69. The molecule has 0 spiro atoms. The molecule has 1 N–H and O–H groups in total. The first-order valence-corrected chi connectivity index (χ1v) is 6.72. The lowest BCUT2D eigenvalue weighted by atomic mass is 9.88. The third-order valence-electron chi connectivity index (χ3n) is 3.00. The number of likely N-dealkylation sites (N-methyl/N-ethyl adjacent to an activating group) is 1. The molecule has 0 aliphatic carbocycles. The molecule has 0 saturated heterocycles. The van der Waals surface area contributed by atoms with Gasteiger partial charge in [0.05, 0.1) is 0 Å². The van der Waals surface area contributed by atoms with Crippen molar-refractivity contribution in [3.63, 3.8) is 0 Å². The van der Waals surface area contributed by atoms with Crippen molar-refractivity contribution in [2.24, 2.45) is 0 Å². The zero-order valence-electron chi connectivity index (χ0n) is 12.6. The molecule has 1 aromatic heterocycles. The second kappa shape index (κ2) is 6.19. The molecular formula is C15H27N3. The Morgan fingerprint density at radius 1 is 1.28 bits per heavy atom. The molecule has 0 aromatic carbocycles. The second-order valence-electron chi connectivity index (χ2n) is 6.19. The molecular weight excluding hydrogens is 222 g/mol. The summed E-state index contributed by atoms with van der Waals surface area (Å²) < 4.78 is 0. The summed E-state index contributed by atoms with van der Waals surface area (Å²) in [7, 11) is 2.08. The molecule has 0 atom stereocenters. The number of pyridine rings is 1. The van der Waals surface area contributed by atoms with E-state index in [0.29, 0.717) is 6.04 Å². The summed E-state index contributed by atoms with van der Waals surface area (Å²) in [6.45, 7) is 12.9. The summed E-state index contributed by atoms with van der Waals surface area (Å²) in [6.07, 6.45) is 1.99. The van der Waals surface area contributed by atoms with Gasteiger partial charge in [-0.05, 0) is 17.0 Å². The molecule has 0 fully saturated rings. The minimum absolute atomic E-state index is 0.170. The molecule has 3 heteroatoms. The van der Waals surface area contributed by atoms with Crippen molar-refractivity contribution in [3.8, 4) is 0 Å². The van der Waals surface area contributed by atoms with E-state index in [0.717, 1.165) is 18.9 Å². The van der Waals surface area contributed by atoms with Gasteiger partial charge < -0.3 is 10.2 Å². The van der Waals surface area contributed by atoms with Crippen molar-refractivity contribution in [2.45, 2.75) is 46.1 Å². The van der Waals surface area contributed by atoms with E-state index in [1.54, 1.807) is 0 Å². The summed E-state index contributed by atoms with van der Waals surface area (Å²) in [5, 5.41) is 3.41. The van der Waals surface area contributed by atoms with Gasteiger partial charge >= 0.3 is 0 Å². The molecule has 0 bridgehead atoms. The number of nitrogens with one attached hydrogen (secondary N) is 1. The topological polar surface area (TPSA) is 28.2 Å². The van der Waals surface area contributed by atoms with Crippen LogP contribution < -0.4 is 10.2 Å². The smallest absolute Gasteiger partial charge is 0.128 e. The molecule has 1 heterocycles. The van der Waals surface area contributed by atoms with Crippen molar-refractivity contribution in [2.75, 3.05) is 25.0 Å². The van der Waals surface area contributed by atoms with E-state index < -0.39 is 0 Å². The predicted octanol–water partition coefficient (Wildman–Crippen LogP) is 2.81. The van der Waals surface area contributed by atoms with Gasteiger partial charge in [-0.3, -0.25) is 0 Å². The fourth-order valence-electron chi connectivity index (χ4n) is 1.69. The molecule has 0 aliphatic heterocycles. The van der Waals surface area contributed by atoms with E-state index in [-0.39, 0.29) is 5.41 Å². The van der Waals surface area contributed by atoms with Gasteiger partial charge in [0.25, 0.3) is 0 Å². The van der Waals surface area contributed by atoms with Crippen LogP contribution in [-0.2, 0) is 5.41 Å². The van der Waals surface area contributed by atoms with Gasteiger partial charge in [0, 0.05) is 32.4 Å². The van der Waals surface area contributed by atoms with Crippen LogP contribution >= 0.6 is 0 Å². The molecule has 0 unspecified atom stereocenters. The minimum atomic E-state index is 0.170. The van der Waals surface area contributed by atoms with Crippen LogP contribution in [0.5, 0.6) is 0 Å². The number of rotatable bonds is 5. The van der Waals surface area contributed by atoms with Crippen LogP contribution in [0.4, 0.5) is 5.82 Å². The average molecular weight is 249 g/mol. The molecule has 0 radical (unpaired) electrons. The van der Waals surface area contributed by atoms with Crippen LogP contribution in [0.3, 0.4) is 0 Å². The Morgan fingerprint density at radius 2 is 1.94 bits per heavy atom. The number of hydrogen-bond donors (Lipinski definition) is 1. The summed E-state index contributed by atoms with van der Waals surface area (Å²) in [5.41, 5.74) is 1.45. The van der Waals surface area contributed by atoms with E-state index in [1.807, 2.05) is 6.20 Å². The van der Waals surface area contributed by atoms with E-state index in [1.165, 1.54) is 5.56 Å². The number of anilines is 1. The van der Waals surface area contributed by atoms with E-state index >= 15 is 0 Å². The van der Waals surface area contributed by atoms with Gasteiger partial charge in [0.1, 0.15) is 5.82 Å². The van der Waals surface area contributed by atoms with Gasteiger partial charge in [-0.1, -0.05) is 40.7 Å². The van der Waals surface area contributed by atoms with Crippen LogP contribution in [0.25, 0.3) is 0 Å². The van der Waals surface area contributed by atoms with Crippen LogP contribution in [0.15, 0.2) is 18.3 Å². The Bertz CT molecular complexity index is 349. The first kappa shape index (κ1) is 15.0. The predicted molar refractivity (Wildman–Crippen MR) is 79.3 cm³/mol. The lowest BCUT2D eigenvalue weighted by Gasteiger charge is -2.22. The molecule has 1 aromatic rings. The lowest BCUT2D eigenvalue weighted by molar-refractivity contribution is 0.583. The van der Waals surface area contributed by atoms with Crippen molar-refractivity contribution in [1.29, 1.82) is 0 Å². The maximum atomic E-state index is 4.54. The average Bonchev–Trinajstić information content (AvgIpc) is 2.27. The second-order valence-corrected chi connectivity index (χ2v) is 6.19. The molecule has 0 saturated carbocycles. The highest BCUT2D eigenvalue weighted by Gasteiger charge is 2.14. The number of nitrogens with zero attached hydrogens (tertiary/aromatic N) is 2. The fraction of sp³-hybridized carbons (Fsp3) is 0.667. The van der Waals surface area contributed by atoms with Crippen LogP contribution in [0.1, 0.15) is 40.2 Å². The molecule has 0 amide bonds. The van der Waals surface area contributed by atoms with Gasteiger partial charge in [0.2, 0.25) is 0 Å². The third kappa shape index (κ3) is 4.65. The van der Waals surface area contributed by atoms with Gasteiger partial charge in [-0.2, -0.15) is 0 Å². The molecule has 3 nitrogen and oxygen atoms in total. The zero-order chi connectivity index (χ0) is 13.8. The minimum Gasteiger partial charge on any atom is -0.358 e. The summed E-state index contributed by atoms with van der Waals surface area (Å²) in [4.78, 5) is 6.72. The van der Waals surface area contributed by atoms with E-state index in [9.17, 15) is 0 Å². The van der Waals surface area contributed by atoms with Crippen molar-refractivity contribution in [1.82, 2.24) is 10.3 Å². The van der Waals surface area contributed by atoms with Gasteiger partial charge in [-0.15, -0.1) is 0 Å². The maximum Gasteiger partial charge on any atom is 0.128 e. The van der Waals surface area contributed by atoms with E-state index in [2.05, 4.69) is 69.0 Å². The maximum absolute atomic E-state index is 4.54. The quantitative estimate of drug-likeness (QED) is 0.870. The largest absolute Gasteiger partial charge is 0.358 e. The number of aromatic nitrogens is 1. The Kier molecular flexibility index (Phi) is 5.15. The molecule has 18 heavy (non-hydrogen) atoms. The van der Waals surface area contributed by atoms with Gasteiger partial charge in [0.15, 0.2) is 0 Å². The summed E-state index contributed by atoms with van der Waals surface area (Å²) >= 11 is 0. The first-order valence-electron chi connectivity index (χ1n) is 6.72. The van der Waals surface area contributed by atoms with Crippen LogP contribution in [-0.4, -0.2) is 31.2 Å². The van der Waals surface area contributed by atoms with Crippen molar-refractivity contribution >= 4 is 5.82 Å². The summed E-state index contributed by atoms with van der Waals surface area (Å²) in [5.74, 6) is 1.04. The lowest BCUT2D eigenvalue weighted by Crippen LogP contribution is -2.33. The first-order chi connectivity index (χ1) is 8.30. The molecule has 0 aliphatic rings. The Morgan fingerprint density at radius 3 is 2.39 bits per heavy atom. The Balaban J connectivity index is 2.56. The third-order valence-corrected chi connectivity index (χ3v) is 3.00. The zero-order valence-corrected chi connectivity index (χ0v) is 12.6. The normalized spacial score (nSPS) is 11.9. The van der Waals surface area contributed by atoms with Crippen LogP contribution in [0.2, 0.25) is 0 Å². The van der Waals surface area contributed by atoms with Crippen molar-refractivity contribution < 1.29 is 0 Å². The Labute approximate surface area is 112 Å². The highest BCUT2D eigenvalue weighted by Crippen LogP contribution is 2.22. The highest BCUT2D eigenvalue weighted by molar-refractivity contribution is 5.39. The SMILES string of the molecule is CC(C)NCCN(C)c1ccc(C(C)(C)C)cn1. The number of hydrogen-bond acceptors (Lipinski definition) is 3. The summed E-state index contributed by atoms with van der Waals surface area (Å²) in [6, 6.07) is 4.82. The highest BCUT2D eigenvalue weighted by atomic mass is 15.2. The van der Waals surface area contributed by atoms with Crippen molar-refractivity contribution in [3.05, 3.63) is 23.9 Å². The van der Waals surface area contributed by atoms with E-state index in [4.69, 9.17) is 0 Å². The van der Waals surface area contributed by atoms with Crippen LogP contribution in [0, 0.1) is 0 Å².